The first kappa shape index (κ1) is 11.3. The Morgan fingerprint density at radius 2 is 2.29 bits per heavy atom. The van der Waals surface area contributed by atoms with E-state index in [9.17, 15) is 0 Å². The van der Waals surface area contributed by atoms with Crippen molar-refractivity contribution in [2.75, 3.05) is 12.3 Å². The zero-order chi connectivity index (χ0) is 11.9. The van der Waals surface area contributed by atoms with Crippen molar-refractivity contribution < 1.29 is 4.74 Å². The van der Waals surface area contributed by atoms with Gasteiger partial charge in [0.2, 0.25) is 5.95 Å². The second-order valence-electron chi connectivity index (χ2n) is 5.02. The van der Waals surface area contributed by atoms with Gasteiger partial charge in [-0.15, -0.1) is 10.2 Å². The first-order valence-corrected chi connectivity index (χ1v) is 7.02. The zero-order valence-corrected chi connectivity index (χ0v) is 10.9. The maximum absolute atomic E-state index is 5.92. The summed E-state index contributed by atoms with van der Waals surface area (Å²) in [5, 5.41) is 9.51. The molecule has 6 heteroatoms. The normalized spacial score (nSPS) is 27.0. The highest BCUT2D eigenvalue weighted by molar-refractivity contribution is 7.99. The number of hydrogen-bond acceptors (Lipinski definition) is 5. The van der Waals surface area contributed by atoms with Gasteiger partial charge in [-0.1, -0.05) is 11.8 Å². The predicted octanol–water partition coefficient (Wildman–Crippen LogP) is 1.59. The predicted molar refractivity (Wildman–Crippen MR) is 66.8 cm³/mol. The molecule has 2 heterocycles. The molecule has 5 nitrogen and oxygen atoms in total. The number of anilines is 1. The number of rotatable bonds is 2. The van der Waals surface area contributed by atoms with Crippen molar-refractivity contribution in [2.24, 2.45) is 7.05 Å². The minimum atomic E-state index is 0.194. The number of nitrogens with two attached hydrogens (primary N) is 1. The zero-order valence-electron chi connectivity index (χ0n) is 10.1. The van der Waals surface area contributed by atoms with Gasteiger partial charge in [0.05, 0.1) is 5.60 Å². The molecule has 3 rings (SSSR count). The highest BCUT2D eigenvalue weighted by Crippen LogP contribution is 2.46. The van der Waals surface area contributed by atoms with Crippen LogP contribution in [0.3, 0.4) is 0 Å². The molecule has 1 unspecified atom stereocenters. The topological polar surface area (TPSA) is 66.0 Å². The lowest BCUT2D eigenvalue weighted by Crippen LogP contribution is -2.46. The van der Waals surface area contributed by atoms with Crippen LogP contribution in [0.1, 0.15) is 32.1 Å². The Morgan fingerprint density at radius 1 is 1.47 bits per heavy atom. The van der Waals surface area contributed by atoms with Gasteiger partial charge in [0.25, 0.3) is 0 Å². The third-order valence-corrected chi connectivity index (χ3v) is 5.16. The van der Waals surface area contributed by atoms with Crippen LogP contribution in [0.5, 0.6) is 0 Å². The second-order valence-corrected chi connectivity index (χ2v) is 6.28. The Balaban J connectivity index is 1.67. The summed E-state index contributed by atoms with van der Waals surface area (Å²) in [6.45, 7) is 0.880. The maximum atomic E-state index is 5.92. The Labute approximate surface area is 105 Å². The second kappa shape index (κ2) is 4.17. The SMILES string of the molecule is Cn1c(N)nnc1SC1CCOC2(CCC2)C1. The molecule has 1 aromatic rings. The molecular formula is C11H18N4OS. The summed E-state index contributed by atoms with van der Waals surface area (Å²) in [5.41, 5.74) is 5.88. The quantitative estimate of drug-likeness (QED) is 0.868. The molecule has 17 heavy (non-hydrogen) atoms. The first-order chi connectivity index (χ1) is 8.19. The van der Waals surface area contributed by atoms with E-state index in [0.29, 0.717) is 11.2 Å². The number of aromatic nitrogens is 3. The molecule has 1 saturated heterocycles. The summed E-state index contributed by atoms with van der Waals surface area (Å²) in [6, 6.07) is 0. The summed E-state index contributed by atoms with van der Waals surface area (Å²) >= 11 is 1.79. The molecule has 1 aliphatic carbocycles. The molecule has 0 radical (unpaired) electrons. The van der Waals surface area contributed by atoms with Crippen LogP contribution in [0.15, 0.2) is 5.16 Å². The lowest BCUT2D eigenvalue weighted by atomic mass is 9.75. The number of nitrogen functional groups attached to an aromatic ring is 1. The highest BCUT2D eigenvalue weighted by Gasteiger charge is 2.43. The molecular weight excluding hydrogens is 236 g/mol. The lowest BCUT2D eigenvalue weighted by molar-refractivity contribution is -0.125. The van der Waals surface area contributed by atoms with Crippen LogP contribution < -0.4 is 5.73 Å². The Bertz CT molecular complexity index is 416. The third kappa shape index (κ3) is 2.04. The van der Waals surface area contributed by atoms with Gasteiger partial charge in [0.1, 0.15) is 0 Å². The van der Waals surface area contributed by atoms with Crippen molar-refractivity contribution in [2.45, 2.75) is 48.1 Å². The minimum absolute atomic E-state index is 0.194. The number of hydrogen-bond donors (Lipinski definition) is 1. The monoisotopic (exact) mass is 254 g/mol. The molecule has 1 atom stereocenters. The summed E-state index contributed by atoms with van der Waals surface area (Å²) in [5.74, 6) is 0.484. The van der Waals surface area contributed by atoms with Crippen LogP contribution in [-0.4, -0.2) is 32.2 Å². The van der Waals surface area contributed by atoms with E-state index in [1.54, 1.807) is 11.8 Å². The summed E-state index contributed by atoms with van der Waals surface area (Å²) in [4.78, 5) is 0. The molecule has 2 aliphatic rings. The standard InChI is InChI=1S/C11H18N4OS/c1-15-9(12)13-14-10(15)17-8-3-6-16-11(7-8)4-2-5-11/h8H,2-7H2,1H3,(H2,12,13). The van der Waals surface area contributed by atoms with Crippen molar-refractivity contribution in [3.63, 3.8) is 0 Å². The molecule has 2 fully saturated rings. The van der Waals surface area contributed by atoms with E-state index in [1.807, 2.05) is 11.6 Å². The molecule has 0 bridgehead atoms. The van der Waals surface area contributed by atoms with E-state index in [2.05, 4.69) is 10.2 Å². The van der Waals surface area contributed by atoms with Gasteiger partial charge in [0.15, 0.2) is 5.16 Å². The summed E-state index contributed by atoms with van der Waals surface area (Å²) < 4.78 is 7.78. The number of ether oxygens (including phenoxy) is 1. The third-order valence-electron chi connectivity index (χ3n) is 3.85. The van der Waals surface area contributed by atoms with E-state index in [0.717, 1.165) is 24.6 Å². The van der Waals surface area contributed by atoms with Crippen LogP contribution >= 0.6 is 11.8 Å². The molecule has 2 N–H and O–H groups in total. The van der Waals surface area contributed by atoms with E-state index < -0.39 is 0 Å². The van der Waals surface area contributed by atoms with Crippen molar-refractivity contribution >= 4 is 17.7 Å². The van der Waals surface area contributed by atoms with E-state index >= 15 is 0 Å². The van der Waals surface area contributed by atoms with Crippen LogP contribution in [0.25, 0.3) is 0 Å². The maximum Gasteiger partial charge on any atom is 0.222 e. The lowest BCUT2D eigenvalue weighted by Gasteiger charge is -2.46. The molecule has 94 valence electrons. The average Bonchev–Trinajstić information content (AvgIpc) is 2.59. The van der Waals surface area contributed by atoms with Crippen LogP contribution in [0.4, 0.5) is 5.95 Å². The molecule has 1 saturated carbocycles. The van der Waals surface area contributed by atoms with Gasteiger partial charge in [-0.2, -0.15) is 0 Å². The molecule has 1 spiro atoms. The van der Waals surface area contributed by atoms with Gasteiger partial charge in [-0.3, -0.25) is 4.57 Å². The van der Waals surface area contributed by atoms with Gasteiger partial charge < -0.3 is 10.5 Å². The Morgan fingerprint density at radius 3 is 2.88 bits per heavy atom. The molecule has 0 amide bonds. The number of thioether (sulfide) groups is 1. The van der Waals surface area contributed by atoms with Crippen molar-refractivity contribution in [3.05, 3.63) is 0 Å². The fourth-order valence-corrected chi connectivity index (χ4v) is 3.82. The Hall–Kier alpha value is -0.750. The van der Waals surface area contributed by atoms with Crippen LogP contribution in [0, 0.1) is 0 Å². The Kier molecular flexibility index (Phi) is 2.78. The largest absolute Gasteiger partial charge is 0.375 e. The van der Waals surface area contributed by atoms with Gasteiger partial charge in [0, 0.05) is 18.9 Å². The van der Waals surface area contributed by atoms with Crippen LogP contribution in [0.2, 0.25) is 0 Å². The van der Waals surface area contributed by atoms with Gasteiger partial charge in [-0.25, -0.2) is 0 Å². The molecule has 0 aromatic carbocycles. The average molecular weight is 254 g/mol. The van der Waals surface area contributed by atoms with Crippen molar-refractivity contribution in [1.29, 1.82) is 0 Å². The molecule has 1 aliphatic heterocycles. The smallest absolute Gasteiger partial charge is 0.222 e. The summed E-state index contributed by atoms with van der Waals surface area (Å²) in [6.07, 6.45) is 6.01. The van der Waals surface area contributed by atoms with E-state index in [-0.39, 0.29) is 5.60 Å². The first-order valence-electron chi connectivity index (χ1n) is 6.14. The van der Waals surface area contributed by atoms with Gasteiger partial charge >= 0.3 is 0 Å². The van der Waals surface area contributed by atoms with Crippen molar-refractivity contribution in [1.82, 2.24) is 14.8 Å². The van der Waals surface area contributed by atoms with E-state index in [1.165, 1.54) is 19.3 Å². The minimum Gasteiger partial charge on any atom is -0.375 e. The number of nitrogens with zero attached hydrogens (tertiary/aromatic N) is 3. The highest BCUT2D eigenvalue weighted by atomic mass is 32.2. The fraction of sp³-hybridized carbons (Fsp3) is 0.818. The molecule has 1 aromatic heterocycles. The summed E-state index contributed by atoms with van der Waals surface area (Å²) in [7, 11) is 1.91. The van der Waals surface area contributed by atoms with Gasteiger partial charge in [-0.05, 0) is 32.1 Å². The fourth-order valence-electron chi connectivity index (χ4n) is 2.58. The van der Waals surface area contributed by atoms with E-state index in [4.69, 9.17) is 10.5 Å². The van der Waals surface area contributed by atoms with Crippen LogP contribution in [-0.2, 0) is 11.8 Å². The van der Waals surface area contributed by atoms with Crippen molar-refractivity contribution in [3.8, 4) is 0 Å².